The van der Waals surface area contributed by atoms with Crippen LogP contribution in [0.2, 0.25) is 0 Å². The number of rotatable bonds is 3. The van der Waals surface area contributed by atoms with Gasteiger partial charge in [0.25, 0.3) is 5.91 Å². The van der Waals surface area contributed by atoms with Gasteiger partial charge in [-0.3, -0.25) is 9.20 Å². The van der Waals surface area contributed by atoms with Gasteiger partial charge in [0.05, 0.1) is 5.56 Å². The van der Waals surface area contributed by atoms with Crippen molar-refractivity contribution >= 4 is 23.3 Å². The summed E-state index contributed by atoms with van der Waals surface area (Å²) in [5.41, 5.74) is 4.42. The van der Waals surface area contributed by atoms with Crippen molar-refractivity contribution in [3.8, 4) is 0 Å². The van der Waals surface area contributed by atoms with Crippen LogP contribution in [0.1, 0.15) is 23.0 Å². The Morgan fingerprint density at radius 2 is 2.21 bits per heavy atom. The van der Waals surface area contributed by atoms with E-state index >= 15 is 0 Å². The zero-order valence-electron chi connectivity index (χ0n) is 9.86. The molecule has 2 heterocycles. The van der Waals surface area contributed by atoms with Crippen molar-refractivity contribution in [1.29, 1.82) is 0 Å². The predicted molar refractivity (Wildman–Crippen MR) is 65.1 cm³/mol. The van der Waals surface area contributed by atoms with Gasteiger partial charge in [-0.15, -0.1) is 11.8 Å². The number of hydrogen-bond acceptors (Lipinski definition) is 3. The maximum atomic E-state index is 12.6. The van der Waals surface area contributed by atoms with Crippen molar-refractivity contribution in [1.82, 2.24) is 9.38 Å². The number of alkyl halides is 3. The Morgan fingerprint density at radius 1 is 1.53 bits per heavy atom. The maximum Gasteiger partial charge on any atom is 0.416 e. The zero-order chi connectivity index (χ0) is 14.2. The number of amides is 1. The monoisotopic (exact) mass is 289 g/mol. The van der Waals surface area contributed by atoms with Crippen LogP contribution in [0, 0.1) is 0 Å². The van der Waals surface area contributed by atoms with Gasteiger partial charge in [-0.1, -0.05) is 6.92 Å². The summed E-state index contributed by atoms with van der Waals surface area (Å²) in [5, 5.41) is 0.457. The van der Waals surface area contributed by atoms with Gasteiger partial charge < -0.3 is 5.73 Å². The molecule has 0 aliphatic heterocycles. The minimum Gasteiger partial charge on any atom is -0.364 e. The average Bonchev–Trinajstić information content (AvgIpc) is 2.67. The van der Waals surface area contributed by atoms with E-state index in [1.54, 1.807) is 0 Å². The van der Waals surface area contributed by atoms with E-state index in [4.69, 9.17) is 5.73 Å². The van der Waals surface area contributed by atoms with Crippen LogP contribution in [0.15, 0.2) is 23.4 Å². The fraction of sp³-hybridized carbons (Fsp3) is 0.273. The number of hydrogen-bond donors (Lipinski definition) is 1. The number of carbonyl (C=O) groups excluding carboxylic acids is 1. The average molecular weight is 289 g/mol. The van der Waals surface area contributed by atoms with Gasteiger partial charge in [0.15, 0.2) is 5.69 Å². The first-order chi connectivity index (χ1) is 8.84. The smallest absolute Gasteiger partial charge is 0.364 e. The zero-order valence-corrected chi connectivity index (χ0v) is 10.7. The van der Waals surface area contributed by atoms with Crippen LogP contribution < -0.4 is 5.73 Å². The molecule has 2 rings (SSSR count). The number of thioether (sulfide) groups is 1. The van der Waals surface area contributed by atoms with Crippen LogP contribution >= 0.6 is 11.8 Å². The number of carbonyl (C=O) groups is 1. The van der Waals surface area contributed by atoms with Crippen LogP contribution in [0.25, 0.3) is 5.65 Å². The van der Waals surface area contributed by atoms with Gasteiger partial charge >= 0.3 is 6.18 Å². The number of fused-ring (bicyclic) bond motifs is 1. The van der Waals surface area contributed by atoms with Crippen LogP contribution in [-0.2, 0) is 6.18 Å². The molecule has 19 heavy (non-hydrogen) atoms. The topological polar surface area (TPSA) is 60.4 Å². The Balaban J connectivity index is 2.66. The molecule has 0 aliphatic carbocycles. The molecule has 0 saturated carbocycles. The van der Waals surface area contributed by atoms with E-state index in [9.17, 15) is 18.0 Å². The summed E-state index contributed by atoms with van der Waals surface area (Å²) in [6.07, 6.45) is -3.20. The quantitative estimate of drug-likeness (QED) is 0.883. The molecule has 2 N–H and O–H groups in total. The van der Waals surface area contributed by atoms with Gasteiger partial charge in [-0.25, -0.2) is 4.98 Å². The number of halogens is 3. The van der Waals surface area contributed by atoms with Crippen molar-refractivity contribution in [3.05, 3.63) is 29.6 Å². The van der Waals surface area contributed by atoms with Crippen LogP contribution in [0.5, 0.6) is 0 Å². The molecule has 0 spiro atoms. The fourth-order valence-corrected chi connectivity index (χ4v) is 2.48. The van der Waals surface area contributed by atoms with Gasteiger partial charge in [0.1, 0.15) is 10.7 Å². The molecular weight excluding hydrogens is 279 g/mol. The Kier molecular flexibility index (Phi) is 3.44. The maximum absolute atomic E-state index is 12.6. The molecule has 0 radical (unpaired) electrons. The van der Waals surface area contributed by atoms with E-state index in [2.05, 4.69) is 4.98 Å². The molecular formula is C11H10F3N3OS. The highest BCUT2D eigenvalue weighted by molar-refractivity contribution is 7.99. The lowest BCUT2D eigenvalue weighted by molar-refractivity contribution is -0.137. The third kappa shape index (κ3) is 2.53. The molecule has 4 nitrogen and oxygen atoms in total. The molecule has 0 bridgehead atoms. The summed E-state index contributed by atoms with van der Waals surface area (Å²) in [5.74, 6) is -0.108. The van der Waals surface area contributed by atoms with Gasteiger partial charge in [0.2, 0.25) is 0 Å². The van der Waals surface area contributed by atoms with Crippen LogP contribution in [-0.4, -0.2) is 21.0 Å². The number of aromatic nitrogens is 2. The van der Waals surface area contributed by atoms with Crippen molar-refractivity contribution in [2.75, 3.05) is 5.75 Å². The Bertz CT molecular complexity index is 636. The summed E-state index contributed by atoms with van der Waals surface area (Å²) < 4.78 is 39.2. The molecule has 0 aromatic carbocycles. The molecule has 0 unspecified atom stereocenters. The summed E-state index contributed by atoms with van der Waals surface area (Å²) >= 11 is 1.30. The Hall–Kier alpha value is -1.70. The third-order valence-corrected chi connectivity index (χ3v) is 3.38. The molecule has 0 aliphatic rings. The molecule has 1 amide bonds. The van der Waals surface area contributed by atoms with Gasteiger partial charge in [0, 0.05) is 6.20 Å². The minimum atomic E-state index is -4.45. The summed E-state index contributed by atoms with van der Waals surface area (Å²) in [4.78, 5) is 15.1. The summed E-state index contributed by atoms with van der Waals surface area (Å²) in [6.45, 7) is 1.86. The van der Waals surface area contributed by atoms with Crippen molar-refractivity contribution in [2.24, 2.45) is 5.73 Å². The van der Waals surface area contributed by atoms with Crippen LogP contribution in [0.3, 0.4) is 0 Å². The molecule has 2 aromatic heterocycles. The second kappa shape index (κ2) is 4.76. The van der Waals surface area contributed by atoms with Crippen molar-refractivity contribution in [2.45, 2.75) is 18.1 Å². The fourth-order valence-electron chi connectivity index (χ4n) is 1.63. The number of nitrogens with two attached hydrogens (primary N) is 1. The van der Waals surface area contributed by atoms with Crippen LogP contribution in [0.4, 0.5) is 13.2 Å². The largest absolute Gasteiger partial charge is 0.416 e. The highest BCUT2D eigenvalue weighted by atomic mass is 32.2. The predicted octanol–water partition coefficient (Wildman–Crippen LogP) is 2.56. The summed E-state index contributed by atoms with van der Waals surface area (Å²) in [7, 11) is 0. The number of imidazole rings is 1. The first-order valence-corrected chi connectivity index (χ1v) is 6.35. The Morgan fingerprint density at radius 3 is 2.74 bits per heavy atom. The second-order valence-electron chi connectivity index (χ2n) is 3.70. The molecule has 0 atom stereocenters. The number of primary amides is 1. The lowest BCUT2D eigenvalue weighted by Crippen LogP contribution is -2.12. The molecule has 0 fully saturated rings. The lowest BCUT2D eigenvalue weighted by Gasteiger charge is -2.07. The highest BCUT2D eigenvalue weighted by Crippen LogP contribution is 2.31. The van der Waals surface area contributed by atoms with Crippen molar-refractivity contribution in [3.63, 3.8) is 0 Å². The van der Waals surface area contributed by atoms with E-state index in [-0.39, 0.29) is 11.3 Å². The summed E-state index contributed by atoms with van der Waals surface area (Å²) in [6, 6.07) is 1.84. The first-order valence-electron chi connectivity index (χ1n) is 5.36. The number of pyridine rings is 1. The normalized spacial score (nSPS) is 12.0. The van der Waals surface area contributed by atoms with E-state index in [1.807, 2.05) is 6.92 Å². The number of nitrogens with zero attached hydrogens (tertiary/aromatic N) is 2. The molecule has 8 heteroatoms. The molecule has 2 aromatic rings. The van der Waals surface area contributed by atoms with E-state index in [1.165, 1.54) is 22.4 Å². The van der Waals surface area contributed by atoms with Gasteiger partial charge in [-0.05, 0) is 17.9 Å². The van der Waals surface area contributed by atoms with E-state index in [0.717, 1.165) is 12.1 Å². The SMILES string of the molecule is CCSc1c(C(N)=O)nc2cc(C(F)(F)F)ccn12. The lowest BCUT2D eigenvalue weighted by atomic mass is 10.2. The Labute approximate surface area is 110 Å². The minimum absolute atomic E-state index is 0.00817. The van der Waals surface area contributed by atoms with Gasteiger partial charge in [-0.2, -0.15) is 13.2 Å². The molecule has 0 saturated heterocycles. The molecule has 102 valence electrons. The van der Waals surface area contributed by atoms with Crippen molar-refractivity contribution < 1.29 is 18.0 Å². The first kappa shape index (κ1) is 13.7. The second-order valence-corrected chi connectivity index (χ2v) is 4.96. The highest BCUT2D eigenvalue weighted by Gasteiger charge is 2.31. The van der Waals surface area contributed by atoms with E-state index < -0.39 is 17.6 Å². The van der Waals surface area contributed by atoms with E-state index in [0.29, 0.717) is 10.8 Å². The third-order valence-electron chi connectivity index (χ3n) is 2.42. The standard InChI is InChI=1S/C11H10F3N3OS/c1-2-19-10-8(9(15)18)16-7-5-6(11(12,13)14)3-4-17(7)10/h3-5H,2H2,1H3,(H2,15,18).